The van der Waals surface area contributed by atoms with Gasteiger partial charge in [0, 0.05) is 17.3 Å². The van der Waals surface area contributed by atoms with Crippen LogP contribution in [0.5, 0.6) is 0 Å². The monoisotopic (exact) mass is 358 g/mol. The van der Waals surface area contributed by atoms with E-state index in [1.807, 2.05) is 6.92 Å². The summed E-state index contributed by atoms with van der Waals surface area (Å²) in [4.78, 5) is 22.2. The highest BCUT2D eigenvalue weighted by atomic mass is 32.2. The second-order valence-electron chi connectivity index (χ2n) is 5.56. The summed E-state index contributed by atoms with van der Waals surface area (Å²) in [6.07, 6.45) is 8.22. The van der Waals surface area contributed by atoms with Crippen molar-refractivity contribution < 1.29 is 4.79 Å². The van der Waals surface area contributed by atoms with E-state index in [1.165, 1.54) is 16.6 Å². The molecule has 1 aliphatic rings. The molecule has 0 unspecified atom stereocenters. The average Bonchev–Trinajstić information content (AvgIpc) is 2.97. The largest absolute Gasteiger partial charge is 0.316 e. The zero-order chi connectivity index (χ0) is 16.9. The van der Waals surface area contributed by atoms with E-state index >= 15 is 0 Å². The third-order valence-corrected chi connectivity index (χ3v) is 6.43. The van der Waals surface area contributed by atoms with Gasteiger partial charge in [-0.15, -0.1) is 11.3 Å². The lowest BCUT2D eigenvalue weighted by atomic mass is 9.96. The molecule has 1 N–H and O–H groups in total. The van der Waals surface area contributed by atoms with E-state index in [0.29, 0.717) is 22.1 Å². The van der Waals surface area contributed by atoms with Crippen molar-refractivity contribution in [2.75, 3.05) is 5.32 Å². The van der Waals surface area contributed by atoms with Crippen LogP contribution in [0.3, 0.4) is 0 Å². The number of carbonyl (C=O) groups is 1. The highest BCUT2D eigenvalue weighted by Crippen LogP contribution is 2.38. The number of amides is 1. The van der Waals surface area contributed by atoms with Gasteiger partial charge in [0.2, 0.25) is 5.91 Å². The minimum Gasteiger partial charge on any atom is -0.316 e. The molecule has 7 heteroatoms. The molecular formula is C17H18N4OS2. The zero-order valence-electron chi connectivity index (χ0n) is 13.4. The molecule has 1 atom stereocenters. The maximum atomic E-state index is 12.6. The summed E-state index contributed by atoms with van der Waals surface area (Å²) < 4.78 is 0. The van der Waals surface area contributed by atoms with Gasteiger partial charge >= 0.3 is 0 Å². The lowest BCUT2D eigenvalue weighted by Gasteiger charge is -2.13. The Kier molecular flexibility index (Phi) is 5.48. The fourth-order valence-corrected chi connectivity index (χ4v) is 4.83. The molecular weight excluding hydrogens is 340 g/mol. The predicted octanol–water partition coefficient (Wildman–Crippen LogP) is 3.80. The highest BCUT2D eigenvalue weighted by molar-refractivity contribution is 8.00. The quantitative estimate of drug-likeness (QED) is 0.650. The van der Waals surface area contributed by atoms with Crippen LogP contribution in [0.4, 0.5) is 5.00 Å². The summed E-state index contributed by atoms with van der Waals surface area (Å²) >= 11 is 2.91. The predicted molar refractivity (Wildman–Crippen MR) is 96.3 cm³/mol. The number of thioether (sulfide) groups is 1. The van der Waals surface area contributed by atoms with Gasteiger partial charge in [-0.25, -0.2) is 9.97 Å². The van der Waals surface area contributed by atoms with E-state index in [0.717, 1.165) is 31.2 Å². The standard InChI is InChI=1S/C17H18N4OS2/c1-2-13(24-17-19-8-5-9-20-17)15(22)21-16-12(10-18)11-6-3-4-7-14(11)23-16/h5,8-9,13H,2-4,6-7H2,1H3,(H,21,22)/t13-/m1/s1. The Morgan fingerprint density at radius 3 is 2.88 bits per heavy atom. The van der Waals surface area contributed by atoms with Crippen molar-refractivity contribution in [2.24, 2.45) is 0 Å². The van der Waals surface area contributed by atoms with E-state index < -0.39 is 0 Å². The molecule has 3 rings (SSSR count). The van der Waals surface area contributed by atoms with E-state index in [-0.39, 0.29) is 11.2 Å². The molecule has 2 aromatic heterocycles. The summed E-state index contributed by atoms with van der Waals surface area (Å²) in [5.74, 6) is -0.0925. The SMILES string of the molecule is CC[C@@H](Sc1ncccn1)C(=O)Nc1sc2c(c1C#N)CCCC2. The van der Waals surface area contributed by atoms with E-state index in [4.69, 9.17) is 0 Å². The van der Waals surface area contributed by atoms with Gasteiger partial charge in [0.1, 0.15) is 11.1 Å². The van der Waals surface area contributed by atoms with Crippen LogP contribution in [-0.2, 0) is 17.6 Å². The van der Waals surface area contributed by atoms with Crippen molar-refractivity contribution in [3.63, 3.8) is 0 Å². The molecule has 0 saturated heterocycles. The van der Waals surface area contributed by atoms with Crippen molar-refractivity contribution >= 4 is 34.0 Å². The number of carbonyl (C=O) groups excluding carboxylic acids is 1. The maximum absolute atomic E-state index is 12.6. The van der Waals surface area contributed by atoms with Crippen molar-refractivity contribution in [3.8, 4) is 6.07 Å². The van der Waals surface area contributed by atoms with E-state index in [2.05, 4.69) is 21.4 Å². The smallest absolute Gasteiger partial charge is 0.238 e. The number of nitriles is 1. The van der Waals surface area contributed by atoms with Gasteiger partial charge in [-0.3, -0.25) is 4.79 Å². The fourth-order valence-electron chi connectivity index (χ4n) is 2.76. The Bertz CT molecular complexity index is 767. The first kappa shape index (κ1) is 16.9. The molecule has 0 aliphatic heterocycles. The number of nitrogens with zero attached hydrogens (tertiary/aromatic N) is 3. The lowest BCUT2D eigenvalue weighted by molar-refractivity contribution is -0.115. The Morgan fingerprint density at radius 1 is 1.42 bits per heavy atom. The molecule has 5 nitrogen and oxygen atoms in total. The second kappa shape index (κ2) is 7.77. The molecule has 124 valence electrons. The van der Waals surface area contributed by atoms with Gasteiger partial charge in [0.15, 0.2) is 5.16 Å². The summed E-state index contributed by atoms with van der Waals surface area (Å²) in [5, 5.41) is 13.5. The van der Waals surface area contributed by atoms with E-state index in [1.54, 1.807) is 29.8 Å². The number of thiophene rings is 1. The first-order valence-electron chi connectivity index (χ1n) is 8.02. The second-order valence-corrected chi connectivity index (χ2v) is 7.84. The number of aromatic nitrogens is 2. The Labute approximate surface area is 149 Å². The number of anilines is 1. The average molecular weight is 358 g/mol. The van der Waals surface area contributed by atoms with Crippen molar-refractivity contribution in [1.29, 1.82) is 5.26 Å². The van der Waals surface area contributed by atoms with Gasteiger partial charge in [-0.05, 0) is 43.7 Å². The van der Waals surface area contributed by atoms with Crippen LogP contribution >= 0.6 is 23.1 Å². The molecule has 2 heterocycles. The Hall–Kier alpha value is -1.91. The number of hydrogen-bond acceptors (Lipinski definition) is 6. The van der Waals surface area contributed by atoms with Gasteiger partial charge in [0.05, 0.1) is 10.8 Å². The van der Waals surface area contributed by atoms with Gasteiger partial charge in [-0.1, -0.05) is 18.7 Å². The minimum absolute atomic E-state index is 0.0925. The van der Waals surface area contributed by atoms with Crippen LogP contribution in [-0.4, -0.2) is 21.1 Å². The van der Waals surface area contributed by atoms with Crippen LogP contribution < -0.4 is 5.32 Å². The topological polar surface area (TPSA) is 78.7 Å². The van der Waals surface area contributed by atoms with Gasteiger partial charge < -0.3 is 5.32 Å². The minimum atomic E-state index is -0.280. The molecule has 24 heavy (non-hydrogen) atoms. The molecule has 0 aromatic carbocycles. The Balaban J connectivity index is 1.76. The summed E-state index contributed by atoms with van der Waals surface area (Å²) in [6.45, 7) is 1.96. The van der Waals surface area contributed by atoms with Crippen molar-refractivity contribution in [3.05, 3.63) is 34.5 Å². The highest BCUT2D eigenvalue weighted by Gasteiger charge is 2.25. The van der Waals surface area contributed by atoms with Crippen LogP contribution in [0.25, 0.3) is 0 Å². The van der Waals surface area contributed by atoms with Crippen molar-refractivity contribution in [2.45, 2.75) is 49.4 Å². The first-order chi connectivity index (χ1) is 11.7. The number of rotatable bonds is 5. The molecule has 0 fully saturated rings. The molecule has 0 saturated carbocycles. The molecule has 2 aromatic rings. The van der Waals surface area contributed by atoms with Crippen molar-refractivity contribution in [1.82, 2.24) is 9.97 Å². The van der Waals surface area contributed by atoms with Crippen LogP contribution in [0.15, 0.2) is 23.6 Å². The maximum Gasteiger partial charge on any atom is 0.238 e. The summed E-state index contributed by atoms with van der Waals surface area (Å²) in [7, 11) is 0. The van der Waals surface area contributed by atoms with Crippen LogP contribution in [0.1, 0.15) is 42.2 Å². The molecule has 0 spiro atoms. The molecule has 0 bridgehead atoms. The molecule has 1 amide bonds. The van der Waals surface area contributed by atoms with E-state index in [9.17, 15) is 10.1 Å². The number of nitrogens with one attached hydrogen (secondary N) is 1. The molecule has 1 aliphatic carbocycles. The zero-order valence-corrected chi connectivity index (χ0v) is 15.0. The Morgan fingerprint density at radius 2 is 2.17 bits per heavy atom. The first-order valence-corrected chi connectivity index (χ1v) is 9.71. The third kappa shape index (κ3) is 3.60. The van der Waals surface area contributed by atoms with Gasteiger partial charge in [0.25, 0.3) is 0 Å². The lowest BCUT2D eigenvalue weighted by Crippen LogP contribution is -2.24. The number of hydrogen-bond donors (Lipinski definition) is 1. The van der Waals surface area contributed by atoms with Crippen LogP contribution in [0.2, 0.25) is 0 Å². The normalized spacial score (nSPS) is 14.5. The third-order valence-electron chi connectivity index (χ3n) is 3.97. The number of fused-ring (bicyclic) bond motifs is 1. The van der Waals surface area contributed by atoms with Gasteiger partial charge in [-0.2, -0.15) is 5.26 Å². The van der Waals surface area contributed by atoms with Crippen LogP contribution in [0, 0.1) is 11.3 Å². The number of aryl methyl sites for hydroxylation is 1. The summed E-state index contributed by atoms with van der Waals surface area (Å²) in [5.41, 5.74) is 1.79. The fraction of sp³-hybridized carbons (Fsp3) is 0.412. The summed E-state index contributed by atoms with van der Waals surface area (Å²) in [6, 6.07) is 4.03. The molecule has 0 radical (unpaired) electrons.